The summed E-state index contributed by atoms with van der Waals surface area (Å²) in [5, 5.41) is 7.84. The molecule has 10 heteroatoms. The van der Waals surface area contributed by atoms with Crippen LogP contribution < -0.4 is 20.2 Å². The number of hydrogen-bond acceptors (Lipinski definition) is 6. The molecule has 0 saturated carbocycles. The monoisotopic (exact) mass is 702 g/mol. The van der Waals surface area contributed by atoms with Crippen molar-refractivity contribution >= 4 is 51.7 Å². The van der Waals surface area contributed by atoms with E-state index in [-0.39, 0.29) is 13.0 Å². The Bertz CT molecular complexity index is 1740. The number of amides is 2. The number of halogens is 1. The van der Waals surface area contributed by atoms with Crippen molar-refractivity contribution in [3.63, 3.8) is 0 Å². The van der Waals surface area contributed by atoms with Crippen LogP contribution in [0.5, 0.6) is 11.5 Å². The van der Waals surface area contributed by atoms with Gasteiger partial charge >= 0.3 is 6.09 Å². The molecule has 5 aromatic rings. The van der Waals surface area contributed by atoms with E-state index < -0.39 is 18.0 Å². The van der Waals surface area contributed by atoms with Gasteiger partial charge in [0.1, 0.15) is 19.3 Å². The fourth-order valence-electron chi connectivity index (χ4n) is 4.57. The summed E-state index contributed by atoms with van der Waals surface area (Å²) in [6, 6.07) is 29.7. The lowest BCUT2D eigenvalue weighted by molar-refractivity contribution is -0.123. The van der Waals surface area contributed by atoms with Crippen molar-refractivity contribution in [2.45, 2.75) is 25.7 Å². The number of H-pyrrole nitrogens is 1. The third-order valence-electron chi connectivity index (χ3n) is 6.79. The van der Waals surface area contributed by atoms with Crippen LogP contribution in [-0.4, -0.2) is 36.4 Å². The third kappa shape index (κ3) is 8.16. The quantitative estimate of drug-likeness (QED) is 0.0798. The maximum Gasteiger partial charge on any atom is 0.408 e. The summed E-state index contributed by atoms with van der Waals surface area (Å²) < 4.78 is 17.8. The second-order valence-corrected chi connectivity index (χ2v) is 11.0. The maximum atomic E-state index is 13.3. The topological polar surface area (TPSA) is 114 Å². The number of carbonyl (C=O) groups excluding carboxylic acids is 2. The van der Waals surface area contributed by atoms with Crippen molar-refractivity contribution in [3.05, 3.63) is 129 Å². The largest absolute Gasteiger partial charge is 0.493 e. The van der Waals surface area contributed by atoms with Gasteiger partial charge in [0.2, 0.25) is 0 Å². The normalized spacial score (nSPS) is 11.7. The molecular weight excluding hydrogens is 671 g/mol. The molecule has 0 bridgehead atoms. The fraction of sp³-hybridized carbons (Fsp3) is 0.147. The second kappa shape index (κ2) is 15.1. The molecular formula is C34H31IN4O5. The molecule has 0 radical (unpaired) electrons. The van der Waals surface area contributed by atoms with E-state index in [4.69, 9.17) is 14.2 Å². The lowest BCUT2D eigenvalue weighted by atomic mass is 10.0. The molecule has 0 fully saturated rings. The van der Waals surface area contributed by atoms with Crippen LogP contribution in [0.3, 0.4) is 0 Å². The molecule has 224 valence electrons. The summed E-state index contributed by atoms with van der Waals surface area (Å²) in [7, 11) is 1.57. The Kier molecular flexibility index (Phi) is 10.5. The Morgan fingerprint density at radius 1 is 0.932 bits per heavy atom. The van der Waals surface area contributed by atoms with Crippen molar-refractivity contribution in [1.29, 1.82) is 0 Å². The van der Waals surface area contributed by atoms with Gasteiger partial charge in [0.15, 0.2) is 11.5 Å². The van der Waals surface area contributed by atoms with Crippen LogP contribution in [0.2, 0.25) is 0 Å². The number of ether oxygens (including phenoxy) is 3. The van der Waals surface area contributed by atoms with Gasteiger partial charge in [-0.05, 0) is 63.0 Å². The van der Waals surface area contributed by atoms with Crippen LogP contribution in [-0.2, 0) is 29.2 Å². The molecule has 2 amide bonds. The van der Waals surface area contributed by atoms with E-state index in [9.17, 15) is 9.59 Å². The zero-order valence-corrected chi connectivity index (χ0v) is 26.1. The van der Waals surface area contributed by atoms with E-state index >= 15 is 0 Å². The van der Waals surface area contributed by atoms with Crippen molar-refractivity contribution < 1.29 is 23.8 Å². The molecule has 0 saturated heterocycles. The highest BCUT2D eigenvalue weighted by molar-refractivity contribution is 14.1. The number of aromatic amines is 1. The molecule has 0 spiro atoms. The molecule has 44 heavy (non-hydrogen) atoms. The molecule has 5 rings (SSSR count). The molecule has 0 aliphatic carbocycles. The van der Waals surface area contributed by atoms with Gasteiger partial charge in [-0.3, -0.25) is 4.79 Å². The number of alkyl carbamates (subject to hydrolysis) is 1. The average Bonchev–Trinajstić information content (AvgIpc) is 3.46. The highest BCUT2D eigenvalue weighted by Crippen LogP contribution is 2.34. The standard InChI is InChI=1S/C34H31IN4O5/c1-42-31-17-25(16-28(35)32(31)43-21-23-10-4-2-5-11-23)19-37-39-33(40)30(18-26-20-36-29-15-9-8-14-27(26)29)38-34(41)44-22-24-12-6-3-7-13-24/h2-17,19-20,30,36H,18,21-22H2,1H3,(H,38,41)(H,39,40)/b37-19-/t30-/m0/s1. The van der Waals surface area contributed by atoms with Crippen molar-refractivity contribution in [3.8, 4) is 11.5 Å². The van der Waals surface area contributed by atoms with E-state index in [2.05, 4.69) is 43.4 Å². The molecule has 9 nitrogen and oxygen atoms in total. The Morgan fingerprint density at radius 3 is 2.34 bits per heavy atom. The molecule has 1 atom stereocenters. The van der Waals surface area contributed by atoms with Crippen LogP contribution in [0.4, 0.5) is 4.79 Å². The van der Waals surface area contributed by atoms with Gasteiger partial charge in [0.25, 0.3) is 5.91 Å². The number of hydrogen-bond donors (Lipinski definition) is 3. The van der Waals surface area contributed by atoms with Crippen LogP contribution in [0, 0.1) is 3.57 Å². The summed E-state index contributed by atoms with van der Waals surface area (Å²) in [5.74, 6) is 0.670. The van der Waals surface area contributed by atoms with Crippen molar-refractivity contribution in [2.75, 3.05) is 7.11 Å². The van der Waals surface area contributed by atoms with Crippen molar-refractivity contribution in [2.24, 2.45) is 5.10 Å². The minimum atomic E-state index is -0.946. The van der Waals surface area contributed by atoms with E-state index in [0.29, 0.717) is 23.7 Å². The van der Waals surface area contributed by atoms with Crippen LogP contribution in [0.15, 0.2) is 108 Å². The number of nitrogens with zero attached hydrogens (tertiary/aromatic N) is 1. The van der Waals surface area contributed by atoms with Crippen LogP contribution in [0.1, 0.15) is 22.3 Å². The highest BCUT2D eigenvalue weighted by atomic mass is 127. The predicted octanol–water partition coefficient (Wildman–Crippen LogP) is 6.35. The number of benzene rings is 4. The first-order valence-corrected chi connectivity index (χ1v) is 15.0. The lowest BCUT2D eigenvalue weighted by Crippen LogP contribution is -2.47. The number of aromatic nitrogens is 1. The SMILES string of the molecule is COc1cc(/C=N\NC(=O)[C@H](Cc2c[nH]c3ccccc23)NC(=O)OCc2ccccc2)cc(I)c1OCc1ccccc1. The van der Waals surface area contributed by atoms with Gasteiger partial charge in [0.05, 0.1) is 16.9 Å². The van der Waals surface area contributed by atoms with Gasteiger partial charge in [-0.1, -0.05) is 78.9 Å². The Hall–Kier alpha value is -4.84. The first kappa shape index (κ1) is 30.6. The number of nitrogens with one attached hydrogen (secondary N) is 3. The van der Waals surface area contributed by atoms with Gasteiger partial charge in [0, 0.05) is 23.5 Å². The first-order valence-electron chi connectivity index (χ1n) is 13.9. The number of methoxy groups -OCH3 is 1. The smallest absolute Gasteiger partial charge is 0.408 e. The van der Waals surface area contributed by atoms with E-state index in [1.165, 1.54) is 6.21 Å². The number of carbonyl (C=O) groups is 2. The third-order valence-corrected chi connectivity index (χ3v) is 7.59. The number of fused-ring (bicyclic) bond motifs is 1. The molecule has 4 aromatic carbocycles. The number of rotatable bonds is 12. The molecule has 1 heterocycles. The summed E-state index contributed by atoms with van der Waals surface area (Å²) >= 11 is 2.18. The average molecular weight is 703 g/mol. The lowest BCUT2D eigenvalue weighted by Gasteiger charge is -2.17. The van der Waals surface area contributed by atoms with Gasteiger partial charge < -0.3 is 24.5 Å². The number of para-hydroxylation sites is 1. The Morgan fingerprint density at radius 2 is 1.61 bits per heavy atom. The van der Waals surface area contributed by atoms with E-state index in [0.717, 1.165) is 31.2 Å². The van der Waals surface area contributed by atoms with Gasteiger partial charge in [-0.15, -0.1) is 0 Å². The van der Waals surface area contributed by atoms with Crippen LogP contribution in [0.25, 0.3) is 10.9 Å². The predicted molar refractivity (Wildman–Crippen MR) is 178 cm³/mol. The summed E-state index contributed by atoms with van der Waals surface area (Å²) in [5.41, 5.74) is 6.95. The minimum Gasteiger partial charge on any atom is -0.493 e. The number of hydrazone groups is 1. The van der Waals surface area contributed by atoms with Gasteiger partial charge in [-0.25, -0.2) is 10.2 Å². The Labute approximate surface area is 268 Å². The second-order valence-electron chi connectivity index (χ2n) is 9.86. The molecule has 3 N–H and O–H groups in total. The zero-order valence-electron chi connectivity index (χ0n) is 24.0. The zero-order chi connectivity index (χ0) is 30.7. The summed E-state index contributed by atoms with van der Waals surface area (Å²) in [6.07, 6.45) is 2.87. The summed E-state index contributed by atoms with van der Waals surface area (Å²) in [6.45, 7) is 0.479. The molecule has 0 aliphatic heterocycles. The fourth-order valence-corrected chi connectivity index (χ4v) is 5.35. The highest BCUT2D eigenvalue weighted by Gasteiger charge is 2.23. The van der Waals surface area contributed by atoms with E-state index in [1.54, 1.807) is 13.2 Å². The van der Waals surface area contributed by atoms with Crippen LogP contribution >= 0.6 is 22.6 Å². The van der Waals surface area contributed by atoms with Gasteiger partial charge in [-0.2, -0.15) is 5.10 Å². The Balaban J connectivity index is 1.27. The molecule has 0 unspecified atom stereocenters. The molecule has 0 aliphatic rings. The maximum absolute atomic E-state index is 13.3. The molecule has 1 aromatic heterocycles. The van der Waals surface area contributed by atoms with E-state index in [1.807, 2.05) is 97.2 Å². The summed E-state index contributed by atoms with van der Waals surface area (Å²) in [4.78, 5) is 29.2. The minimum absolute atomic E-state index is 0.0811. The first-order chi connectivity index (χ1) is 21.5. The van der Waals surface area contributed by atoms with Crippen molar-refractivity contribution in [1.82, 2.24) is 15.7 Å².